The highest BCUT2D eigenvalue weighted by Crippen LogP contribution is 2.29. The monoisotopic (exact) mass is 389 g/mol. The van der Waals surface area contributed by atoms with Crippen LogP contribution in [0.2, 0.25) is 0 Å². The van der Waals surface area contributed by atoms with Crippen LogP contribution in [0.3, 0.4) is 0 Å². The van der Waals surface area contributed by atoms with Gasteiger partial charge in [-0.1, -0.05) is 31.2 Å². The van der Waals surface area contributed by atoms with E-state index >= 15 is 0 Å². The molecule has 1 aromatic rings. The Bertz CT molecular complexity index is 712. The Morgan fingerprint density at radius 3 is 2.56 bits per heavy atom. The molecule has 2 amide bonds. The van der Waals surface area contributed by atoms with Crippen LogP contribution in [-0.4, -0.2) is 54.6 Å². The van der Waals surface area contributed by atoms with E-state index in [1.807, 2.05) is 36.0 Å². The van der Waals surface area contributed by atoms with Crippen molar-refractivity contribution in [3.8, 4) is 0 Å². The normalized spacial score (nSPS) is 20.8. The van der Waals surface area contributed by atoms with Crippen LogP contribution >= 0.6 is 11.8 Å². The SMILES string of the molecule is CCOC(=O)C1=C(CN2CCSCC2)NC(=O)N[C@H]1c1ccc(CC)cc1. The molecular weight excluding hydrogens is 362 g/mol. The van der Waals surface area contributed by atoms with E-state index in [-0.39, 0.29) is 12.0 Å². The molecule has 2 aliphatic heterocycles. The fourth-order valence-electron chi connectivity index (χ4n) is 3.37. The lowest BCUT2D eigenvalue weighted by molar-refractivity contribution is -0.139. The first kappa shape index (κ1) is 19.8. The molecule has 27 heavy (non-hydrogen) atoms. The summed E-state index contributed by atoms with van der Waals surface area (Å²) in [4.78, 5) is 27.4. The smallest absolute Gasteiger partial charge is 0.338 e. The molecule has 1 saturated heterocycles. The molecule has 2 heterocycles. The van der Waals surface area contributed by atoms with E-state index in [4.69, 9.17) is 4.74 Å². The van der Waals surface area contributed by atoms with E-state index in [9.17, 15) is 9.59 Å². The second-order valence-corrected chi connectivity index (χ2v) is 7.85. The molecule has 7 heteroatoms. The van der Waals surface area contributed by atoms with Crippen LogP contribution in [-0.2, 0) is 16.0 Å². The maximum Gasteiger partial charge on any atom is 0.338 e. The van der Waals surface area contributed by atoms with E-state index < -0.39 is 6.04 Å². The van der Waals surface area contributed by atoms with Crippen LogP contribution in [0, 0.1) is 0 Å². The summed E-state index contributed by atoms with van der Waals surface area (Å²) in [5.41, 5.74) is 3.25. The fourth-order valence-corrected chi connectivity index (χ4v) is 4.35. The largest absolute Gasteiger partial charge is 0.463 e. The van der Waals surface area contributed by atoms with E-state index in [0.717, 1.165) is 36.6 Å². The van der Waals surface area contributed by atoms with Crippen LogP contribution < -0.4 is 10.6 Å². The number of nitrogens with one attached hydrogen (secondary N) is 2. The van der Waals surface area contributed by atoms with Crippen molar-refractivity contribution in [2.24, 2.45) is 0 Å². The first-order valence-corrected chi connectivity index (χ1v) is 10.6. The standard InChI is InChI=1S/C20H27N3O3S/c1-3-14-5-7-15(8-6-14)18-17(19(24)26-4-2)16(21-20(25)22-18)13-23-9-11-27-12-10-23/h5-8,18H,3-4,9-13H2,1-2H3,(H2,21,22,25)/t18-/m0/s1. The van der Waals surface area contributed by atoms with Crippen LogP contribution in [0.4, 0.5) is 4.79 Å². The van der Waals surface area contributed by atoms with Crippen molar-refractivity contribution >= 4 is 23.8 Å². The molecule has 1 fully saturated rings. The number of benzene rings is 1. The molecule has 1 aromatic carbocycles. The molecule has 2 aliphatic rings. The number of rotatable bonds is 6. The van der Waals surface area contributed by atoms with Crippen LogP contribution in [0.5, 0.6) is 0 Å². The Morgan fingerprint density at radius 2 is 1.93 bits per heavy atom. The van der Waals surface area contributed by atoms with Gasteiger partial charge in [-0.25, -0.2) is 9.59 Å². The van der Waals surface area contributed by atoms with E-state index in [1.54, 1.807) is 6.92 Å². The Labute approximate surface area is 164 Å². The van der Waals surface area contributed by atoms with Crippen LogP contribution in [0.25, 0.3) is 0 Å². The third-order valence-corrected chi connectivity index (χ3v) is 5.80. The summed E-state index contributed by atoms with van der Waals surface area (Å²) in [7, 11) is 0. The summed E-state index contributed by atoms with van der Waals surface area (Å²) < 4.78 is 5.32. The second-order valence-electron chi connectivity index (χ2n) is 6.63. The van der Waals surface area contributed by atoms with Crippen molar-refractivity contribution in [3.05, 3.63) is 46.7 Å². The number of hydrogen-bond acceptors (Lipinski definition) is 5. The number of esters is 1. The van der Waals surface area contributed by atoms with Crippen LogP contribution in [0.1, 0.15) is 31.0 Å². The van der Waals surface area contributed by atoms with Crippen molar-refractivity contribution in [2.45, 2.75) is 26.3 Å². The van der Waals surface area contributed by atoms with Gasteiger partial charge in [0.15, 0.2) is 0 Å². The summed E-state index contributed by atoms with van der Waals surface area (Å²) in [5, 5.41) is 5.75. The molecule has 0 saturated carbocycles. The van der Waals surface area contributed by atoms with Gasteiger partial charge in [-0.05, 0) is 24.5 Å². The molecule has 2 N–H and O–H groups in total. The number of carbonyl (C=O) groups is 2. The highest BCUT2D eigenvalue weighted by molar-refractivity contribution is 7.99. The second kappa shape index (κ2) is 9.28. The van der Waals surface area contributed by atoms with E-state index in [2.05, 4.69) is 22.5 Å². The molecule has 0 radical (unpaired) electrons. The Hall–Kier alpha value is -1.99. The number of nitrogens with zero attached hydrogens (tertiary/aromatic N) is 1. The summed E-state index contributed by atoms with van der Waals surface area (Å²) in [5.74, 6) is 1.75. The summed E-state index contributed by atoms with van der Waals surface area (Å²) in [6.45, 7) is 6.63. The third kappa shape index (κ3) is 4.84. The number of amides is 2. The van der Waals surface area contributed by atoms with Gasteiger partial charge in [0, 0.05) is 36.8 Å². The lowest BCUT2D eigenvalue weighted by Gasteiger charge is -2.33. The lowest BCUT2D eigenvalue weighted by Crippen LogP contribution is -2.49. The molecule has 0 unspecified atom stereocenters. The Balaban J connectivity index is 1.95. The number of ether oxygens (including phenoxy) is 1. The van der Waals surface area contributed by atoms with Gasteiger partial charge in [-0.3, -0.25) is 4.90 Å². The predicted molar refractivity (Wildman–Crippen MR) is 108 cm³/mol. The van der Waals surface area contributed by atoms with Crippen molar-refractivity contribution in [1.29, 1.82) is 0 Å². The van der Waals surface area contributed by atoms with E-state index in [0.29, 0.717) is 24.4 Å². The highest BCUT2D eigenvalue weighted by Gasteiger charge is 2.34. The molecule has 0 aromatic heterocycles. The van der Waals surface area contributed by atoms with Crippen molar-refractivity contribution in [1.82, 2.24) is 15.5 Å². The molecule has 6 nitrogen and oxygen atoms in total. The topological polar surface area (TPSA) is 70.7 Å². The average molecular weight is 390 g/mol. The maximum absolute atomic E-state index is 12.8. The first-order valence-electron chi connectivity index (χ1n) is 9.49. The van der Waals surface area contributed by atoms with Gasteiger partial charge in [-0.15, -0.1) is 0 Å². The molecule has 3 rings (SSSR count). The maximum atomic E-state index is 12.8. The number of thioether (sulfide) groups is 1. The van der Waals surface area contributed by atoms with Crippen molar-refractivity contribution in [2.75, 3.05) is 37.7 Å². The number of urea groups is 1. The van der Waals surface area contributed by atoms with Crippen molar-refractivity contribution < 1.29 is 14.3 Å². The van der Waals surface area contributed by atoms with Crippen molar-refractivity contribution in [3.63, 3.8) is 0 Å². The Morgan fingerprint density at radius 1 is 1.22 bits per heavy atom. The van der Waals surface area contributed by atoms with Crippen LogP contribution in [0.15, 0.2) is 35.5 Å². The van der Waals surface area contributed by atoms with Gasteiger partial charge in [0.05, 0.1) is 18.2 Å². The number of carbonyl (C=O) groups excluding carboxylic acids is 2. The average Bonchev–Trinajstić information content (AvgIpc) is 2.68. The first-order chi connectivity index (χ1) is 13.1. The van der Waals surface area contributed by atoms with Gasteiger partial charge in [-0.2, -0.15) is 11.8 Å². The number of aryl methyl sites for hydroxylation is 1. The summed E-state index contributed by atoms with van der Waals surface area (Å²) in [6, 6.07) is 7.24. The minimum atomic E-state index is -0.502. The van der Waals surface area contributed by atoms with Gasteiger partial charge >= 0.3 is 12.0 Å². The van der Waals surface area contributed by atoms with Gasteiger partial charge in [0.1, 0.15) is 0 Å². The zero-order valence-corrected chi connectivity index (χ0v) is 16.7. The molecule has 146 valence electrons. The number of hydrogen-bond donors (Lipinski definition) is 2. The fraction of sp³-hybridized carbons (Fsp3) is 0.500. The third-order valence-electron chi connectivity index (χ3n) is 4.86. The summed E-state index contributed by atoms with van der Waals surface area (Å²) >= 11 is 1.93. The zero-order chi connectivity index (χ0) is 19.2. The molecular formula is C20H27N3O3S. The van der Waals surface area contributed by atoms with E-state index in [1.165, 1.54) is 5.56 Å². The highest BCUT2D eigenvalue weighted by atomic mass is 32.2. The quantitative estimate of drug-likeness (QED) is 0.732. The van der Waals surface area contributed by atoms with Gasteiger partial charge in [0.2, 0.25) is 0 Å². The van der Waals surface area contributed by atoms with Gasteiger partial charge in [0.25, 0.3) is 0 Å². The molecule has 0 aliphatic carbocycles. The molecule has 0 bridgehead atoms. The molecule has 1 atom stereocenters. The Kier molecular flexibility index (Phi) is 6.79. The minimum absolute atomic E-state index is 0.283. The predicted octanol–water partition coefficient (Wildman–Crippen LogP) is 2.47. The minimum Gasteiger partial charge on any atom is -0.463 e. The lowest BCUT2D eigenvalue weighted by atomic mass is 9.94. The van der Waals surface area contributed by atoms with Gasteiger partial charge < -0.3 is 15.4 Å². The zero-order valence-electron chi connectivity index (χ0n) is 15.9. The summed E-state index contributed by atoms with van der Waals surface area (Å²) in [6.07, 6.45) is 0.942. The molecule has 0 spiro atoms.